The van der Waals surface area contributed by atoms with E-state index in [1.165, 1.54) is 6.07 Å². The minimum atomic E-state index is -4.09. The molecule has 0 heterocycles. The quantitative estimate of drug-likeness (QED) is 0.727. The van der Waals surface area contributed by atoms with E-state index in [0.717, 1.165) is 17.7 Å². The summed E-state index contributed by atoms with van der Waals surface area (Å²) in [7, 11) is -4.09. The molecule has 2 aromatic rings. The Morgan fingerprint density at radius 3 is 2.26 bits per heavy atom. The van der Waals surface area contributed by atoms with Crippen LogP contribution in [0.25, 0.3) is 0 Å². The van der Waals surface area contributed by atoms with Crippen molar-refractivity contribution in [3.05, 3.63) is 59.4 Å². The van der Waals surface area contributed by atoms with Gasteiger partial charge in [0.2, 0.25) is 15.9 Å². The van der Waals surface area contributed by atoms with Crippen LogP contribution >= 0.6 is 0 Å². The summed E-state index contributed by atoms with van der Waals surface area (Å²) < 4.78 is 41.3. The molecule has 0 aliphatic rings. The first-order valence-corrected chi connectivity index (χ1v) is 9.84. The largest absolute Gasteiger partial charge is 0.324 e. The van der Waals surface area contributed by atoms with Crippen LogP contribution in [0.3, 0.4) is 0 Å². The molecule has 1 amide bonds. The number of benzene rings is 2. The average molecular weight is 393 g/mol. The normalized spacial score (nSPS) is 13.3. The van der Waals surface area contributed by atoms with Crippen molar-refractivity contribution in [2.24, 2.45) is 5.73 Å². The predicted octanol–water partition coefficient (Wildman–Crippen LogP) is 2.85. The number of sulfonamides is 1. The highest BCUT2D eigenvalue weighted by Gasteiger charge is 2.26. The summed E-state index contributed by atoms with van der Waals surface area (Å²) in [4.78, 5) is 11.8. The van der Waals surface area contributed by atoms with Crippen LogP contribution in [0.4, 0.5) is 10.1 Å². The Balaban J connectivity index is 2.25. The van der Waals surface area contributed by atoms with E-state index in [4.69, 9.17) is 5.73 Å². The third-order valence-corrected chi connectivity index (χ3v) is 5.42. The van der Waals surface area contributed by atoms with Crippen LogP contribution < -0.4 is 15.8 Å². The molecule has 4 N–H and O–H groups in total. The molecule has 0 saturated heterocycles. The van der Waals surface area contributed by atoms with Gasteiger partial charge in [-0.1, -0.05) is 29.8 Å². The van der Waals surface area contributed by atoms with E-state index in [0.29, 0.717) is 5.56 Å². The summed E-state index contributed by atoms with van der Waals surface area (Å²) in [6.07, 6.45) is 0. The van der Waals surface area contributed by atoms with E-state index in [9.17, 15) is 17.6 Å². The van der Waals surface area contributed by atoms with Crippen LogP contribution in [-0.4, -0.2) is 19.9 Å². The van der Waals surface area contributed by atoms with Crippen molar-refractivity contribution in [2.45, 2.75) is 44.2 Å². The topological polar surface area (TPSA) is 101 Å². The molecule has 0 fully saturated rings. The van der Waals surface area contributed by atoms with Crippen LogP contribution in [0.15, 0.2) is 47.4 Å². The Kier molecular flexibility index (Phi) is 6.04. The second-order valence-corrected chi connectivity index (χ2v) is 9.03. The van der Waals surface area contributed by atoms with Crippen LogP contribution in [-0.2, 0) is 14.8 Å². The van der Waals surface area contributed by atoms with E-state index in [-0.39, 0.29) is 5.69 Å². The maximum atomic E-state index is 14.1. The van der Waals surface area contributed by atoms with Gasteiger partial charge in [-0.25, -0.2) is 17.5 Å². The highest BCUT2D eigenvalue weighted by Crippen LogP contribution is 2.22. The molecule has 27 heavy (non-hydrogen) atoms. The molecule has 1 atom stereocenters. The summed E-state index contributed by atoms with van der Waals surface area (Å²) >= 11 is 0. The van der Waals surface area contributed by atoms with Gasteiger partial charge in [-0.3, -0.25) is 4.79 Å². The Bertz CT molecular complexity index is 936. The van der Waals surface area contributed by atoms with E-state index < -0.39 is 38.2 Å². The zero-order valence-corrected chi connectivity index (χ0v) is 16.5. The van der Waals surface area contributed by atoms with Crippen molar-refractivity contribution in [1.82, 2.24) is 4.72 Å². The number of aryl methyl sites for hydroxylation is 1. The second kappa shape index (κ2) is 7.75. The van der Waals surface area contributed by atoms with Crippen molar-refractivity contribution in [1.29, 1.82) is 0 Å². The van der Waals surface area contributed by atoms with Gasteiger partial charge in [-0.15, -0.1) is 0 Å². The highest BCUT2D eigenvalue weighted by molar-refractivity contribution is 7.89. The number of nitrogens with two attached hydrogens (primary N) is 1. The Labute approximate surface area is 159 Å². The molecule has 6 nitrogen and oxygen atoms in total. The summed E-state index contributed by atoms with van der Waals surface area (Å²) in [5, 5.41) is 2.53. The minimum Gasteiger partial charge on any atom is -0.324 e. The number of anilines is 1. The fraction of sp³-hybridized carbons (Fsp3) is 0.316. The van der Waals surface area contributed by atoms with Gasteiger partial charge >= 0.3 is 0 Å². The molecule has 0 aliphatic heterocycles. The maximum absolute atomic E-state index is 14.1. The lowest BCUT2D eigenvalue weighted by atomic mass is 10.1. The van der Waals surface area contributed by atoms with Crippen molar-refractivity contribution >= 4 is 21.6 Å². The molecule has 0 bridgehead atoms. The van der Waals surface area contributed by atoms with Gasteiger partial charge in [0.05, 0.1) is 0 Å². The number of hydrogen-bond donors (Lipinski definition) is 3. The van der Waals surface area contributed by atoms with E-state index >= 15 is 0 Å². The van der Waals surface area contributed by atoms with Gasteiger partial charge in [0, 0.05) is 11.2 Å². The molecule has 0 saturated carbocycles. The van der Waals surface area contributed by atoms with E-state index in [1.807, 2.05) is 19.1 Å². The van der Waals surface area contributed by atoms with Gasteiger partial charge in [0.25, 0.3) is 0 Å². The Morgan fingerprint density at radius 1 is 1.11 bits per heavy atom. The summed E-state index contributed by atoms with van der Waals surface area (Å²) in [5.74, 6) is -1.44. The smallest absolute Gasteiger partial charge is 0.245 e. The zero-order valence-electron chi connectivity index (χ0n) is 15.7. The molecule has 146 valence electrons. The molecule has 2 rings (SSSR count). The van der Waals surface area contributed by atoms with Gasteiger partial charge in [0.1, 0.15) is 16.8 Å². The number of carbonyl (C=O) groups excluding carboxylic acids is 1. The maximum Gasteiger partial charge on any atom is 0.245 e. The van der Waals surface area contributed by atoms with Crippen molar-refractivity contribution in [2.75, 3.05) is 5.32 Å². The van der Waals surface area contributed by atoms with Crippen LogP contribution in [0, 0.1) is 12.7 Å². The van der Waals surface area contributed by atoms with Crippen LogP contribution in [0.1, 0.15) is 37.9 Å². The van der Waals surface area contributed by atoms with Gasteiger partial charge in [0.15, 0.2) is 0 Å². The monoisotopic (exact) mass is 393 g/mol. The third kappa shape index (κ3) is 5.59. The number of hydrogen-bond acceptors (Lipinski definition) is 4. The third-order valence-electron chi connectivity index (χ3n) is 3.65. The fourth-order valence-corrected chi connectivity index (χ4v) is 3.91. The van der Waals surface area contributed by atoms with Gasteiger partial charge in [-0.2, -0.15) is 0 Å². The number of rotatable bonds is 5. The molecule has 8 heteroatoms. The molecule has 0 radical (unpaired) electrons. The summed E-state index contributed by atoms with van der Waals surface area (Å²) in [6, 6.07) is 9.56. The van der Waals surface area contributed by atoms with Crippen LogP contribution in [0.5, 0.6) is 0 Å². The number of halogens is 1. The first-order chi connectivity index (χ1) is 12.4. The molecule has 0 spiro atoms. The Hall–Kier alpha value is -2.29. The Morgan fingerprint density at radius 2 is 1.70 bits per heavy atom. The molecule has 1 unspecified atom stereocenters. The lowest BCUT2D eigenvalue weighted by Crippen LogP contribution is -2.40. The van der Waals surface area contributed by atoms with Crippen molar-refractivity contribution in [3.63, 3.8) is 0 Å². The van der Waals surface area contributed by atoms with Gasteiger partial charge in [-0.05, 0) is 51.5 Å². The SMILES string of the molecule is Cc1ccc(C(N)C(=O)Nc2ccc(F)c(S(=O)(=O)NC(C)(C)C)c2)cc1. The number of amides is 1. The molecule has 2 aromatic carbocycles. The molecular weight excluding hydrogens is 369 g/mol. The number of nitrogens with one attached hydrogen (secondary N) is 2. The second-order valence-electron chi connectivity index (χ2n) is 7.38. The highest BCUT2D eigenvalue weighted by atomic mass is 32.2. The lowest BCUT2D eigenvalue weighted by molar-refractivity contribution is -0.117. The molecule has 0 aromatic heterocycles. The summed E-state index contributed by atoms with van der Waals surface area (Å²) in [6.45, 7) is 6.86. The average Bonchev–Trinajstić information content (AvgIpc) is 2.54. The molecular formula is C19H24FN3O3S. The first kappa shape index (κ1) is 21.0. The first-order valence-electron chi connectivity index (χ1n) is 8.35. The lowest BCUT2D eigenvalue weighted by Gasteiger charge is -2.21. The van der Waals surface area contributed by atoms with E-state index in [2.05, 4.69) is 10.0 Å². The van der Waals surface area contributed by atoms with Gasteiger partial charge < -0.3 is 11.1 Å². The van der Waals surface area contributed by atoms with Crippen LogP contribution in [0.2, 0.25) is 0 Å². The molecule has 0 aliphatic carbocycles. The minimum absolute atomic E-state index is 0.137. The van der Waals surface area contributed by atoms with E-state index in [1.54, 1.807) is 32.9 Å². The fourth-order valence-electron chi connectivity index (χ4n) is 2.39. The standard InChI is InChI=1S/C19H24FN3O3S/c1-12-5-7-13(8-6-12)17(21)18(24)22-14-9-10-15(20)16(11-14)27(25,26)23-19(2,3)4/h5-11,17,23H,21H2,1-4H3,(H,22,24). The van der Waals surface area contributed by atoms with Crippen molar-refractivity contribution in [3.8, 4) is 0 Å². The predicted molar refractivity (Wildman–Crippen MR) is 103 cm³/mol. The zero-order chi connectivity index (χ0) is 20.4. The summed E-state index contributed by atoms with van der Waals surface area (Å²) in [5.41, 5.74) is 6.96. The number of carbonyl (C=O) groups is 1. The van der Waals surface area contributed by atoms with Crippen molar-refractivity contribution < 1.29 is 17.6 Å².